The van der Waals surface area contributed by atoms with E-state index in [4.69, 9.17) is 4.74 Å². The number of nitrogens with zero attached hydrogens (tertiary/aromatic N) is 2. The molecule has 2 aromatic carbocycles. The van der Waals surface area contributed by atoms with Crippen molar-refractivity contribution in [2.75, 3.05) is 0 Å². The molecule has 2 aromatic heterocycles. The summed E-state index contributed by atoms with van der Waals surface area (Å²) in [7, 11) is 1.63. The van der Waals surface area contributed by atoms with Gasteiger partial charge in [0.25, 0.3) is 11.5 Å². The lowest BCUT2D eigenvalue weighted by molar-refractivity contribution is 0.0786. The van der Waals surface area contributed by atoms with Gasteiger partial charge in [0.05, 0.1) is 26.6 Å². The lowest BCUT2D eigenvalue weighted by atomic mass is 9.93. The van der Waals surface area contributed by atoms with Gasteiger partial charge in [-0.15, -0.1) is 11.3 Å². The predicted molar refractivity (Wildman–Crippen MR) is 149 cm³/mol. The zero-order valence-electron chi connectivity index (χ0n) is 22.3. The molecule has 2 N–H and O–H groups in total. The maximum Gasteiger partial charge on any atom is 0.262 e. The number of carbonyl (C=O) groups excluding carboxylic acids is 1. The number of ether oxygens (including phenoxy) is 1. The Morgan fingerprint density at radius 2 is 1.85 bits per heavy atom. The van der Waals surface area contributed by atoms with Gasteiger partial charge in [-0.25, -0.2) is 4.39 Å². The number of aryl methyl sites for hydroxylation is 3. The zero-order chi connectivity index (χ0) is 28.3. The molecule has 0 spiro atoms. The van der Waals surface area contributed by atoms with Crippen molar-refractivity contribution in [3.63, 3.8) is 0 Å². The number of pyridine rings is 1. The average molecular weight is 546 g/mol. The molecule has 5 rings (SSSR count). The summed E-state index contributed by atoms with van der Waals surface area (Å²) < 4.78 is 22.4. The summed E-state index contributed by atoms with van der Waals surface area (Å²) in [6.07, 6.45) is 2.88. The normalized spacial score (nSPS) is 14.2. The van der Waals surface area contributed by atoms with Crippen molar-refractivity contribution >= 4 is 27.3 Å². The van der Waals surface area contributed by atoms with Gasteiger partial charge in [0.1, 0.15) is 22.9 Å². The van der Waals surface area contributed by atoms with Crippen LogP contribution in [0.4, 0.5) is 4.39 Å². The highest BCUT2D eigenvalue weighted by molar-refractivity contribution is 7.21. The number of hydrogen-bond acceptors (Lipinski definition) is 6. The Morgan fingerprint density at radius 1 is 1.18 bits per heavy atom. The Labute approximate surface area is 229 Å². The van der Waals surface area contributed by atoms with Gasteiger partial charge >= 0.3 is 0 Å². The molecular formula is C30H28FN3O4S. The van der Waals surface area contributed by atoms with Crippen LogP contribution in [-0.4, -0.2) is 21.1 Å². The fourth-order valence-electron chi connectivity index (χ4n) is 4.60. The molecule has 4 aromatic rings. The van der Waals surface area contributed by atoms with E-state index in [1.165, 1.54) is 16.7 Å². The number of halogens is 1. The van der Waals surface area contributed by atoms with Gasteiger partial charge in [0.2, 0.25) is 0 Å². The lowest BCUT2D eigenvalue weighted by Crippen LogP contribution is -2.35. The maximum absolute atomic E-state index is 14.0. The van der Waals surface area contributed by atoms with Crippen molar-refractivity contribution in [1.29, 1.82) is 5.26 Å². The maximum atomic E-state index is 14.0. The number of nitrogens with one attached hydrogen (secondary N) is 1. The third-order valence-corrected chi connectivity index (χ3v) is 8.17. The Hall–Kier alpha value is -4.00. The smallest absolute Gasteiger partial charge is 0.262 e. The van der Waals surface area contributed by atoms with E-state index in [9.17, 15) is 24.3 Å². The summed E-state index contributed by atoms with van der Waals surface area (Å²) in [4.78, 5) is 26.4. The van der Waals surface area contributed by atoms with Crippen LogP contribution in [0.15, 0.2) is 47.4 Å². The second-order valence-electron chi connectivity index (χ2n) is 10.7. The third-order valence-electron chi connectivity index (χ3n) is 7.00. The van der Waals surface area contributed by atoms with Gasteiger partial charge in [-0.3, -0.25) is 9.59 Å². The van der Waals surface area contributed by atoms with Gasteiger partial charge in [-0.05, 0) is 87.6 Å². The summed E-state index contributed by atoms with van der Waals surface area (Å²) in [5.41, 5.74) is 0.836. The predicted octanol–water partition coefficient (Wildman–Crippen LogP) is 5.83. The molecule has 0 atom stereocenters. The molecule has 0 radical (unpaired) electrons. The second kappa shape index (κ2) is 9.33. The number of amides is 1. The molecule has 200 valence electrons. The molecule has 1 aliphatic carbocycles. The highest BCUT2D eigenvalue weighted by Gasteiger charge is 2.45. The molecule has 1 fully saturated rings. The van der Waals surface area contributed by atoms with Crippen molar-refractivity contribution in [2.24, 2.45) is 7.05 Å². The Bertz CT molecular complexity index is 1730. The lowest BCUT2D eigenvalue weighted by Gasteiger charge is -2.22. The summed E-state index contributed by atoms with van der Waals surface area (Å²) in [5.74, 6) is 0.194. The molecule has 0 aliphatic heterocycles. The van der Waals surface area contributed by atoms with Crippen LogP contribution in [-0.2, 0) is 12.6 Å². The van der Waals surface area contributed by atoms with E-state index in [2.05, 4.69) is 11.4 Å². The van der Waals surface area contributed by atoms with Crippen LogP contribution in [0, 0.1) is 31.0 Å². The topological polar surface area (TPSA) is 104 Å². The number of carbonyl (C=O) groups is 1. The number of aliphatic hydroxyl groups is 1. The second-order valence-corrected chi connectivity index (χ2v) is 11.8. The highest BCUT2D eigenvalue weighted by atomic mass is 32.1. The number of rotatable bonds is 6. The Kier molecular flexibility index (Phi) is 6.36. The first-order valence-corrected chi connectivity index (χ1v) is 13.3. The fourth-order valence-corrected chi connectivity index (χ4v) is 5.67. The minimum absolute atomic E-state index is 0.267. The van der Waals surface area contributed by atoms with Crippen molar-refractivity contribution < 1.29 is 19.0 Å². The molecule has 9 heteroatoms. The monoisotopic (exact) mass is 545 g/mol. The molecular weight excluding hydrogens is 517 g/mol. The third kappa shape index (κ3) is 4.93. The summed E-state index contributed by atoms with van der Waals surface area (Å²) in [6.45, 7) is 6.87. The van der Waals surface area contributed by atoms with E-state index in [0.717, 1.165) is 11.3 Å². The van der Waals surface area contributed by atoms with Gasteiger partial charge in [0, 0.05) is 24.4 Å². The van der Waals surface area contributed by atoms with Crippen LogP contribution < -0.4 is 15.6 Å². The van der Waals surface area contributed by atoms with Gasteiger partial charge in [-0.1, -0.05) is 6.07 Å². The molecule has 0 unspecified atom stereocenters. The van der Waals surface area contributed by atoms with E-state index < -0.39 is 17.0 Å². The van der Waals surface area contributed by atoms with Gasteiger partial charge in [-0.2, -0.15) is 5.26 Å². The molecule has 1 saturated carbocycles. The van der Waals surface area contributed by atoms with Crippen molar-refractivity contribution in [1.82, 2.24) is 9.88 Å². The first kappa shape index (κ1) is 26.6. The fraction of sp³-hybridized carbons (Fsp3) is 0.300. The molecule has 7 nitrogen and oxygen atoms in total. The zero-order valence-corrected chi connectivity index (χ0v) is 23.1. The molecule has 0 saturated heterocycles. The van der Waals surface area contributed by atoms with E-state index >= 15 is 0 Å². The van der Waals surface area contributed by atoms with Crippen molar-refractivity contribution in [3.05, 3.63) is 80.3 Å². The van der Waals surface area contributed by atoms with E-state index in [0.29, 0.717) is 67.1 Å². The minimum atomic E-state index is -1.16. The Morgan fingerprint density at radius 3 is 2.44 bits per heavy atom. The quantitative estimate of drug-likeness (QED) is 0.317. The van der Waals surface area contributed by atoms with Crippen LogP contribution in [0.2, 0.25) is 0 Å². The van der Waals surface area contributed by atoms with Crippen LogP contribution in [0.3, 0.4) is 0 Å². The number of nitriles is 1. The first-order valence-electron chi connectivity index (χ1n) is 12.5. The van der Waals surface area contributed by atoms with E-state index in [1.807, 2.05) is 0 Å². The average Bonchev–Trinajstić information content (AvgIpc) is 3.49. The molecule has 39 heavy (non-hydrogen) atoms. The van der Waals surface area contributed by atoms with E-state index in [1.54, 1.807) is 65.2 Å². The standard InChI is InChI=1S/C30H28FN3O4S/c1-16-10-19(31)11-17(2)25(16)38-23-7-6-18(29(3,4)37)12-20(23)22-14-34(5)28(36)21-13-24(39-26(21)22)27(35)33-30(15-32)8-9-30/h6-7,10-14,37H,8-9H2,1-5H3,(H,33,35). The van der Waals surface area contributed by atoms with Crippen LogP contribution in [0.25, 0.3) is 21.2 Å². The molecule has 1 amide bonds. The number of fused-ring (bicyclic) bond motifs is 1. The van der Waals surface area contributed by atoms with Crippen molar-refractivity contribution in [3.8, 4) is 28.7 Å². The number of hydrogen-bond donors (Lipinski definition) is 2. The van der Waals surface area contributed by atoms with E-state index in [-0.39, 0.29) is 11.4 Å². The summed E-state index contributed by atoms with van der Waals surface area (Å²) >= 11 is 1.16. The SMILES string of the molecule is Cc1cc(F)cc(C)c1Oc1ccc(C(C)(C)O)cc1-c1cn(C)c(=O)c2cc(C(=O)NC3(C#N)CC3)sc12. The number of aromatic nitrogens is 1. The minimum Gasteiger partial charge on any atom is -0.456 e. The summed E-state index contributed by atoms with van der Waals surface area (Å²) in [6, 6.07) is 11.8. The number of thiophene rings is 1. The van der Waals surface area contributed by atoms with Crippen LogP contribution >= 0.6 is 11.3 Å². The largest absolute Gasteiger partial charge is 0.456 e. The molecule has 0 bridgehead atoms. The Balaban J connectivity index is 1.71. The van der Waals surface area contributed by atoms with Gasteiger partial charge < -0.3 is 19.7 Å². The summed E-state index contributed by atoms with van der Waals surface area (Å²) in [5, 5.41) is 23.3. The van der Waals surface area contributed by atoms with Gasteiger partial charge in [0.15, 0.2) is 0 Å². The molecule has 2 heterocycles. The highest BCUT2D eigenvalue weighted by Crippen LogP contribution is 2.43. The van der Waals surface area contributed by atoms with Crippen molar-refractivity contribution in [2.45, 2.75) is 51.7 Å². The van der Waals surface area contributed by atoms with Crippen LogP contribution in [0.5, 0.6) is 11.5 Å². The number of benzene rings is 2. The van der Waals surface area contributed by atoms with Crippen LogP contribution in [0.1, 0.15) is 53.1 Å². The molecule has 1 aliphatic rings. The first-order chi connectivity index (χ1) is 18.3.